The Kier molecular flexibility index (Phi) is 11.0. The molecular weight excluding hydrogens is 468 g/mol. The number of rotatable bonds is 8. The van der Waals surface area contributed by atoms with Crippen molar-refractivity contribution in [1.29, 1.82) is 0 Å². The lowest BCUT2D eigenvalue weighted by Gasteiger charge is -2.31. The Morgan fingerprint density at radius 1 is 0.889 bits per heavy atom. The largest absolute Gasteiger partial charge is 0.493 e. The average Bonchev–Trinajstić information content (AvgIpc) is 2.88. The van der Waals surface area contributed by atoms with Gasteiger partial charge >= 0.3 is 11.9 Å². The van der Waals surface area contributed by atoms with E-state index in [2.05, 4.69) is 41.4 Å². The van der Waals surface area contributed by atoms with Crippen LogP contribution in [0.2, 0.25) is 0 Å². The van der Waals surface area contributed by atoms with Gasteiger partial charge in [0, 0.05) is 19.0 Å². The zero-order chi connectivity index (χ0) is 26.7. The number of carbonyl (C=O) groups excluding carboxylic acids is 1. The van der Waals surface area contributed by atoms with Crippen LogP contribution in [-0.4, -0.2) is 67.4 Å². The summed E-state index contributed by atoms with van der Waals surface area (Å²) in [4.78, 5) is 33.1. The highest BCUT2D eigenvalue weighted by Gasteiger charge is 2.25. The minimum absolute atomic E-state index is 0.0756. The summed E-state index contributed by atoms with van der Waals surface area (Å²) in [5, 5.41) is 17.9. The molecule has 2 aromatic carbocycles. The molecule has 0 unspecified atom stereocenters. The Morgan fingerprint density at radius 2 is 1.42 bits per heavy atom. The fraction of sp³-hybridized carbons (Fsp3) is 0.423. The fourth-order valence-corrected chi connectivity index (χ4v) is 3.88. The molecule has 10 heteroatoms. The number of amides is 1. The number of nitrogens with one attached hydrogen (secondary N) is 1. The molecule has 1 saturated heterocycles. The maximum absolute atomic E-state index is 12.6. The number of nitrogens with zero attached hydrogens (tertiary/aromatic N) is 1. The molecule has 0 spiro atoms. The molecule has 1 amide bonds. The van der Waals surface area contributed by atoms with Gasteiger partial charge in [-0.3, -0.25) is 9.69 Å². The van der Waals surface area contributed by atoms with Gasteiger partial charge in [0.1, 0.15) is 0 Å². The number of carbonyl (C=O) groups is 3. The van der Waals surface area contributed by atoms with Gasteiger partial charge in [-0.05, 0) is 56.1 Å². The standard InChI is InChI=1S/C24H32N2O4.C2H2O4/c1-17-5-7-18(8-6-17)15-25-24(27)20-9-11-26(12-10-20)16-19-13-21(28-2)23(30-4)22(14-19)29-3;3-1(4)2(5)6/h5-8,13-14,20H,9-12,15-16H2,1-4H3,(H,25,27);(H,3,4)(H,5,6). The van der Waals surface area contributed by atoms with Crippen LogP contribution in [0.1, 0.15) is 29.5 Å². The number of methoxy groups -OCH3 is 3. The highest BCUT2D eigenvalue weighted by atomic mass is 16.5. The predicted octanol–water partition coefficient (Wildman–Crippen LogP) is 2.70. The quantitative estimate of drug-likeness (QED) is 0.466. The summed E-state index contributed by atoms with van der Waals surface area (Å²) in [6.45, 7) is 5.21. The Hall–Kier alpha value is -3.79. The molecule has 1 heterocycles. The van der Waals surface area contributed by atoms with E-state index >= 15 is 0 Å². The zero-order valence-electron chi connectivity index (χ0n) is 21.1. The summed E-state index contributed by atoms with van der Waals surface area (Å²) >= 11 is 0. The number of hydrogen-bond acceptors (Lipinski definition) is 7. The molecule has 0 atom stereocenters. The first-order chi connectivity index (χ1) is 17.2. The van der Waals surface area contributed by atoms with Crippen LogP contribution < -0.4 is 19.5 Å². The number of hydrogen-bond donors (Lipinski definition) is 3. The first-order valence-corrected chi connectivity index (χ1v) is 11.5. The van der Waals surface area contributed by atoms with Gasteiger partial charge in [0.2, 0.25) is 11.7 Å². The van der Waals surface area contributed by atoms with E-state index in [0.29, 0.717) is 23.8 Å². The highest BCUT2D eigenvalue weighted by Crippen LogP contribution is 2.38. The maximum Gasteiger partial charge on any atom is 0.414 e. The van der Waals surface area contributed by atoms with E-state index in [0.717, 1.165) is 43.6 Å². The average molecular weight is 503 g/mol. The maximum atomic E-state index is 12.6. The topological polar surface area (TPSA) is 135 Å². The number of likely N-dealkylation sites (tertiary alicyclic amines) is 1. The third-order valence-electron chi connectivity index (χ3n) is 5.86. The Balaban J connectivity index is 0.000000678. The summed E-state index contributed by atoms with van der Waals surface area (Å²) in [6, 6.07) is 12.3. The van der Waals surface area contributed by atoms with Gasteiger partial charge in [-0.1, -0.05) is 29.8 Å². The van der Waals surface area contributed by atoms with Gasteiger partial charge in [0.25, 0.3) is 0 Å². The van der Waals surface area contributed by atoms with Crippen LogP contribution in [0.25, 0.3) is 0 Å². The Bertz CT molecular complexity index is 994. The molecule has 196 valence electrons. The number of aryl methyl sites for hydroxylation is 1. The number of benzene rings is 2. The van der Waals surface area contributed by atoms with Crippen molar-refractivity contribution >= 4 is 17.8 Å². The van der Waals surface area contributed by atoms with Crippen molar-refractivity contribution in [3.63, 3.8) is 0 Å². The summed E-state index contributed by atoms with van der Waals surface area (Å²) < 4.78 is 16.3. The van der Waals surface area contributed by atoms with Gasteiger partial charge in [-0.2, -0.15) is 0 Å². The molecule has 0 aliphatic carbocycles. The van der Waals surface area contributed by atoms with Crippen LogP contribution in [0.3, 0.4) is 0 Å². The summed E-state index contributed by atoms with van der Waals surface area (Å²) in [7, 11) is 4.86. The summed E-state index contributed by atoms with van der Waals surface area (Å²) in [6.07, 6.45) is 1.73. The molecule has 2 aromatic rings. The molecule has 0 radical (unpaired) electrons. The Morgan fingerprint density at radius 3 is 1.86 bits per heavy atom. The molecule has 1 aliphatic rings. The molecule has 3 N–H and O–H groups in total. The number of ether oxygens (including phenoxy) is 3. The minimum Gasteiger partial charge on any atom is -0.493 e. The van der Waals surface area contributed by atoms with E-state index in [1.54, 1.807) is 21.3 Å². The van der Waals surface area contributed by atoms with Crippen LogP contribution in [-0.2, 0) is 27.5 Å². The molecule has 36 heavy (non-hydrogen) atoms. The van der Waals surface area contributed by atoms with Gasteiger partial charge < -0.3 is 29.7 Å². The number of piperidine rings is 1. The van der Waals surface area contributed by atoms with Gasteiger partial charge in [-0.15, -0.1) is 0 Å². The lowest BCUT2D eigenvalue weighted by atomic mass is 9.95. The second-order valence-corrected chi connectivity index (χ2v) is 8.40. The normalized spacial score (nSPS) is 13.7. The first kappa shape index (κ1) is 28.4. The minimum atomic E-state index is -1.82. The van der Waals surface area contributed by atoms with Crippen LogP contribution in [0.4, 0.5) is 0 Å². The van der Waals surface area contributed by atoms with Crippen LogP contribution in [0, 0.1) is 12.8 Å². The molecule has 0 aromatic heterocycles. The molecule has 3 rings (SSSR count). The van der Waals surface area contributed by atoms with Crippen molar-refractivity contribution in [3.05, 3.63) is 53.1 Å². The van der Waals surface area contributed by atoms with Gasteiger partial charge in [0.05, 0.1) is 21.3 Å². The van der Waals surface area contributed by atoms with Crippen molar-refractivity contribution in [1.82, 2.24) is 10.2 Å². The van der Waals surface area contributed by atoms with Crippen molar-refractivity contribution in [2.75, 3.05) is 34.4 Å². The third-order valence-corrected chi connectivity index (χ3v) is 5.86. The molecule has 1 aliphatic heterocycles. The second kappa shape index (κ2) is 13.9. The molecule has 0 saturated carbocycles. The smallest absolute Gasteiger partial charge is 0.414 e. The summed E-state index contributed by atoms with van der Waals surface area (Å²) in [5.41, 5.74) is 3.46. The second-order valence-electron chi connectivity index (χ2n) is 8.40. The van der Waals surface area contributed by atoms with Crippen LogP contribution in [0.15, 0.2) is 36.4 Å². The predicted molar refractivity (Wildman–Crippen MR) is 132 cm³/mol. The van der Waals surface area contributed by atoms with Crippen LogP contribution >= 0.6 is 0 Å². The fourth-order valence-electron chi connectivity index (χ4n) is 3.88. The lowest BCUT2D eigenvalue weighted by molar-refractivity contribution is -0.159. The number of carboxylic acid groups (broad SMARTS) is 2. The van der Waals surface area contributed by atoms with Crippen molar-refractivity contribution in [2.24, 2.45) is 5.92 Å². The molecule has 0 bridgehead atoms. The van der Waals surface area contributed by atoms with Gasteiger partial charge in [0.15, 0.2) is 11.5 Å². The van der Waals surface area contributed by atoms with Crippen molar-refractivity contribution < 1.29 is 38.8 Å². The van der Waals surface area contributed by atoms with Crippen LogP contribution in [0.5, 0.6) is 17.2 Å². The zero-order valence-corrected chi connectivity index (χ0v) is 21.1. The summed E-state index contributed by atoms with van der Waals surface area (Å²) in [5.74, 6) is -1.48. The van der Waals surface area contributed by atoms with E-state index < -0.39 is 11.9 Å². The van der Waals surface area contributed by atoms with E-state index in [9.17, 15) is 4.79 Å². The van der Waals surface area contributed by atoms with Gasteiger partial charge in [-0.25, -0.2) is 9.59 Å². The highest BCUT2D eigenvalue weighted by molar-refractivity contribution is 6.27. The number of aliphatic carboxylic acids is 2. The van der Waals surface area contributed by atoms with E-state index in [4.69, 9.17) is 34.0 Å². The SMILES string of the molecule is COc1cc(CN2CCC(C(=O)NCc3ccc(C)cc3)CC2)cc(OC)c1OC.O=C(O)C(=O)O. The molecular formula is C26H34N2O8. The van der Waals surface area contributed by atoms with E-state index in [1.165, 1.54) is 5.56 Å². The van der Waals surface area contributed by atoms with Crippen molar-refractivity contribution in [2.45, 2.75) is 32.9 Å². The Labute approximate surface area is 210 Å². The monoisotopic (exact) mass is 502 g/mol. The van der Waals surface area contributed by atoms with E-state index in [1.807, 2.05) is 12.1 Å². The lowest BCUT2D eigenvalue weighted by Crippen LogP contribution is -2.40. The number of carboxylic acids is 2. The van der Waals surface area contributed by atoms with Crippen molar-refractivity contribution in [3.8, 4) is 17.2 Å². The van der Waals surface area contributed by atoms with E-state index in [-0.39, 0.29) is 11.8 Å². The first-order valence-electron chi connectivity index (χ1n) is 11.5. The molecule has 10 nitrogen and oxygen atoms in total. The molecule has 1 fully saturated rings. The third kappa shape index (κ3) is 8.46.